The highest BCUT2D eigenvalue weighted by atomic mass is 19.1. The van der Waals surface area contributed by atoms with E-state index in [2.05, 4.69) is 10.1 Å². The number of hydrogen-bond donors (Lipinski definition) is 0. The number of halogens is 1. The highest BCUT2D eigenvalue weighted by Crippen LogP contribution is 2.22. The topological polar surface area (TPSA) is 33.4 Å². The number of fused-ring (bicyclic) bond motifs is 1. The lowest BCUT2D eigenvalue weighted by Gasteiger charge is -2.11. The third-order valence-corrected chi connectivity index (χ3v) is 3.26. The van der Waals surface area contributed by atoms with Gasteiger partial charge in [0.25, 0.3) is 0 Å². The third-order valence-electron chi connectivity index (χ3n) is 3.26. The highest BCUT2D eigenvalue weighted by molar-refractivity contribution is 5.66. The SMILES string of the molecule is Cc1cc(F)nn2cc(-c3ccc(N(C)C)cc3)nc12. The van der Waals surface area contributed by atoms with Crippen molar-refractivity contribution >= 4 is 11.3 Å². The van der Waals surface area contributed by atoms with Crippen LogP contribution >= 0.6 is 0 Å². The van der Waals surface area contributed by atoms with Gasteiger partial charge in [-0.15, -0.1) is 5.10 Å². The molecule has 5 heteroatoms. The first-order valence-corrected chi connectivity index (χ1v) is 6.35. The Morgan fingerprint density at radius 2 is 1.85 bits per heavy atom. The molecule has 0 atom stereocenters. The molecule has 3 rings (SSSR count). The van der Waals surface area contributed by atoms with E-state index in [0.717, 1.165) is 22.5 Å². The fourth-order valence-corrected chi connectivity index (χ4v) is 2.16. The minimum atomic E-state index is -0.498. The molecule has 0 unspecified atom stereocenters. The largest absolute Gasteiger partial charge is 0.378 e. The number of aromatic nitrogens is 3. The van der Waals surface area contributed by atoms with Gasteiger partial charge in [-0.1, -0.05) is 12.1 Å². The standard InChI is InChI=1S/C15H15FN4/c1-10-8-14(16)18-20-9-13(17-15(10)20)11-4-6-12(7-5-11)19(2)3/h4-9H,1-3H3. The Balaban J connectivity index is 2.08. The van der Waals surface area contributed by atoms with Crippen molar-refractivity contribution < 1.29 is 4.39 Å². The summed E-state index contributed by atoms with van der Waals surface area (Å²) in [6, 6.07) is 9.45. The lowest BCUT2D eigenvalue weighted by Crippen LogP contribution is -2.07. The lowest BCUT2D eigenvalue weighted by atomic mass is 10.1. The van der Waals surface area contributed by atoms with E-state index in [0.29, 0.717) is 5.65 Å². The van der Waals surface area contributed by atoms with E-state index < -0.39 is 5.95 Å². The normalized spacial score (nSPS) is 11.0. The summed E-state index contributed by atoms with van der Waals surface area (Å²) >= 11 is 0. The molecular weight excluding hydrogens is 255 g/mol. The minimum Gasteiger partial charge on any atom is -0.378 e. The van der Waals surface area contributed by atoms with Crippen LogP contribution in [-0.4, -0.2) is 28.7 Å². The predicted molar refractivity (Wildman–Crippen MR) is 77.4 cm³/mol. The van der Waals surface area contributed by atoms with Gasteiger partial charge in [-0.2, -0.15) is 4.39 Å². The summed E-state index contributed by atoms with van der Waals surface area (Å²) in [5.74, 6) is -0.498. The predicted octanol–water partition coefficient (Wildman–Crippen LogP) is 2.91. The van der Waals surface area contributed by atoms with Gasteiger partial charge in [0, 0.05) is 31.4 Å². The second-order valence-electron chi connectivity index (χ2n) is 4.99. The molecule has 1 aromatic carbocycles. The average molecular weight is 270 g/mol. The van der Waals surface area contributed by atoms with Gasteiger partial charge in [-0.25, -0.2) is 9.50 Å². The van der Waals surface area contributed by atoms with Gasteiger partial charge in [0.1, 0.15) is 0 Å². The molecule has 2 aromatic heterocycles. The molecule has 0 saturated carbocycles. The van der Waals surface area contributed by atoms with Crippen molar-refractivity contribution in [2.75, 3.05) is 19.0 Å². The summed E-state index contributed by atoms with van der Waals surface area (Å²) in [5, 5.41) is 3.81. The summed E-state index contributed by atoms with van der Waals surface area (Å²) in [4.78, 5) is 6.55. The van der Waals surface area contributed by atoms with Crippen molar-refractivity contribution in [1.29, 1.82) is 0 Å². The number of rotatable bonds is 2. The van der Waals surface area contributed by atoms with E-state index in [1.807, 2.05) is 50.2 Å². The molecule has 0 aliphatic heterocycles. The molecule has 3 aromatic rings. The first kappa shape index (κ1) is 12.6. The van der Waals surface area contributed by atoms with Gasteiger partial charge >= 0.3 is 0 Å². The Hall–Kier alpha value is -2.43. The van der Waals surface area contributed by atoms with Crippen molar-refractivity contribution in [2.24, 2.45) is 0 Å². The zero-order chi connectivity index (χ0) is 14.3. The molecular formula is C15H15FN4. The number of nitrogens with zero attached hydrogens (tertiary/aromatic N) is 4. The zero-order valence-electron chi connectivity index (χ0n) is 11.6. The number of anilines is 1. The van der Waals surface area contributed by atoms with Crippen LogP contribution < -0.4 is 4.90 Å². The maximum Gasteiger partial charge on any atom is 0.232 e. The molecule has 0 aliphatic rings. The molecule has 0 aliphatic carbocycles. The Morgan fingerprint density at radius 3 is 2.50 bits per heavy atom. The van der Waals surface area contributed by atoms with Gasteiger partial charge in [-0.3, -0.25) is 0 Å². The van der Waals surface area contributed by atoms with Crippen molar-refractivity contribution in [3.05, 3.63) is 48.0 Å². The molecule has 0 fully saturated rings. The molecule has 0 amide bonds. The highest BCUT2D eigenvalue weighted by Gasteiger charge is 2.09. The van der Waals surface area contributed by atoms with Gasteiger partial charge in [0.15, 0.2) is 5.65 Å². The number of hydrogen-bond acceptors (Lipinski definition) is 3. The van der Waals surface area contributed by atoms with E-state index >= 15 is 0 Å². The van der Waals surface area contributed by atoms with Crippen LogP contribution in [0.25, 0.3) is 16.9 Å². The molecule has 4 nitrogen and oxygen atoms in total. The quantitative estimate of drug-likeness (QED) is 0.718. The van der Waals surface area contributed by atoms with Crippen LogP contribution in [0.4, 0.5) is 10.1 Å². The third kappa shape index (κ3) is 2.11. The van der Waals surface area contributed by atoms with Crippen molar-refractivity contribution in [2.45, 2.75) is 6.92 Å². The van der Waals surface area contributed by atoms with Gasteiger partial charge in [0.2, 0.25) is 5.95 Å². The van der Waals surface area contributed by atoms with E-state index in [4.69, 9.17) is 0 Å². The summed E-state index contributed by atoms with van der Waals surface area (Å²) in [6.07, 6.45) is 1.75. The van der Waals surface area contributed by atoms with Crippen LogP contribution in [0.2, 0.25) is 0 Å². The molecule has 20 heavy (non-hydrogen) atoms. The Morgan fingerprint density at radius 1 is 1.15 bits per heavy atom. The molecule has 102 valence electrons. The average Bonchev–Trinajstić information content (AvgIpc) is 2.83. The van der Waals surface area contributed by atoms with Crippen LogP contribution in [0.15, 0.2) is 36.5 Å². The van der Waals surface area contributed by atoms with Gasteiger partial charge < -0.3 is 4.90 Å². The summed E-state index contributed by atoms with van der Waals surface area (Å²) in [5.41, 5.74) is 4.35. The van der Waals surface area contributed by atoms with E-state index in [1.54, 1.807) is 6.20 Å². The van der Waals surface area contributed by atoms with Crippen molar-refractivity contribution in [3.8, 4) is 11.3 Å². The monoisotopic (exact) mass is 270 g/mol. The van der Waals surface area contributed by atoms with Crippen LogP contribution in [0, 0.1) is 12.9 Å². The van der Waals surface area contributed by atoms with Crippen molar-refractivity contribution in [3.63, 3.8) is 0 Å². The summed E-state index contributed by atoms with van der Waals surface area (Å²) < 4.78 is 14.8. The van der Waals surface area contributed by atoms with Gasteiger partial charge in [-0.05, 0) is 24.6 Å². The molecule has 0 spiro atoms. The Kier molecular flexibility index (Phi) is 2.89. The van der Waals surface area contributed by atoms with E-state index in [1.165, 1.54) is 10.6 Å². The van der Waals surface area contributed by atoms with Crippen LogP contribution in [0.3, 0.4) is 0 Å². The fourth-order valence-electron chi connectivity index (χ4n) is 2.16. The van der Waals surface area contributed by atoms with E-state index in [-0.39, 0.29) is 0 Å². The van der Waals surface area contributed by atoms with Crippen molar-refractivity contribution in [1.82, 2.24) is 14.6 Å². The summed E-state index contributed by atoms with van der Waals surface area (Å²) in [6.45, 7) is 1.83. The molecule has 0 N–H and O–H groups in total. The van der Waals surface area contributed by atoms with Gasteiger partial charge in [0.05, 0.1) is 11.9 Å². The minimum absolute atomic E-state index is 0.498. The van der Waals surface area contributed by atoms with Crippen LogP contribution in [0.1, 0.15) is 5.56 Å². The smallest absolute Gasteiger partial charge is 0.232 e. The number of imidazole rings is 1. The molecule has 0 radical (unpaired) electrons. The summed E-state index contributed by atoms with van der Waals surface area (Å²) in [7, 11) is 3.99. The maximum absolute atomic E-state index is 13.3. The fraction of sp³-hybridized carbons (Fsp3) is 0.200. The Bertz CT molecular complexity index is 759. The lowest BCUT2D eigenvalue weighted by molar-refractivity contribution is 0.553. The second-order valence-corrected chi connectivity index (χ2v) is 4.99. The molecule has 0 saturated heterocycles. The molecule has 2 heterocycles. The van der Waals surface area contributed by atoms with Crippen LogP contribution in [0.5, 0.6) is 0 Å². The Labute approximate surface area is 116 Å². The van der Waals surface area contributed by atoms with E-state index in [9.17, 15) is 4.39 Å². The first-order chi connectivity index (χ1) is 9.54. The molecule has 0 bridgehead atoms. The number of aryl methyl sites for hydroxylation is 1. The number of benzene rings is 1. The first-order valence-electron chi connectivity index (χ1n) is 6.35. The van der Waals surface area contributed by atoms with Crippen LogP contribution in [-0.2, 0) is 0 Å². The zero-order valence-corrected chi connectivity index (χ0v) is 11.6. The maximum atomic E-state index is 13.3. The second kappa shape index (κ2) is 4.59.